The predicted octanol–water partition coefficient (Wildman–Crippen LogP) is 3.37. The molecule has 0 spiro atoms. The van der Waals surface area contributed by atoms with E-state index in [1.807, 2.05) is 31.2 Å². The second-order valence-electron chi connectivity index (χ2n) is 5.63. The fourth-order valence-corrected chi connectivity index (χ4v) is 3.36. The van der Waals surface area contributed by atoms with Crippen molar-refractivity contribution in [2.24, 2.45) is 0 Å². The number of H-pyrrole nitrogens is 1. The molecule has 0 aliphatic carbocycles. The maximum absolute atomic E-state index is 12.2. The van der Waals surface area contributed by atoms with Crippen LogP contribution in [-0.2, 0) is 10.5 Å². The average Bonchev–Trinajstić information content (AvgIpc) is 2.64. The Kier molecular flexibility index (Phi) is 6.36. The summed E-state index contributed by atoms with van der Waals surface area (Å²) in [5.74, 6) is 1.71. The molecule has 7 heteroatoms. The molecule has 1 fully saturated rings. The van der Waals surface area contributed by atoms with Crippen LogP contribution in [0.3, 0.4) is 0 Å². The Morgan fingerprint density at radius 2 is 2.20 bits per heavy atom. The van der Waals surface area contributed by atoms with Crippen LogP contribution in [0.5, 0.6) is 11.5 Å². The second kappa shape index (κ2) is 8.92. The Morgan fingerprint density at radius 3 is 2.96 bits per heavy atom. The number of benzene rings is 1. The maximum atomic E-state index is 12.2. The van der Waals surface area contributed by atoms with E-state index in [-0.39, 0.29) is 17.6 Å². The number of thioether (sulfide) groups is 1. The first-order valence-electron chi connectivity index (χ1n) is 8.47. The monoisotopic (exact) mass is 362 g/mol. The third-order valence-electron chi connectivity index (χ3n) is 3.78. The molecule has 2 heterocycles. The smallest absolute Gasteiger partial charge is 0.294 e. The van der Waals surface area contributed by atoms with E-state index in [1.165, 1.54) is 18.0 Å². The van der Waals surface area contributed by atoms with Crippen molar-refractivity contribution in [3.05, 3.63) is 46.4 Å². The first kappa shape index (κ1) is 17.8. The second-order valence-corrected chi connectivity index (χ2v) is 6.59. The van der Waals surface area contributed by atoms with Crippen LogP contribution in [0.1, 0.15) is 31.7 Å². The summed E-state index contributed by atoms with van der Waals surface area (Å²) in [7, 11) is 0. The van der Waals surface area contributed by atoms with E-state index in [0.717, 1.165) is 30.6 Å². The van der Waals surface area contributed by atoms with Gasteiger partial charge in [-0.15, -0.1) is 0 Å². The third kappa shape index (κ3) is 4.99. The van der Waals surface area contributed by atoms with Gasteiger partial charge in [-0.2, -0.15) is 0 Å². The van der Waals surface area contributed by atoms with Gasteiger partial charge in [-0.3, -0.25) is 9.78 Å². The van der Waals surface area contributed by atoms with Gasteiger partial charge in [-0.05, 0) is 25.8 Å². The van der Waals surface area contributed by atoms with E-state index in [0.29, 0.717) is 24.1 Å². The lowest BCUT2D eigenvalue weighted by atomic mass is 10.2. The highest BCUT2D eigenvalue weighted by Gasteiger charge is 2.17. The number of hydrogen-bond acceptors (Lipinski definition) is 6. The molecule has 0 amide bonds. The van der Waals surface area contributed by atoms with E-state index in [2.05, 4.69) is 9.97 Å². The molecule has 25 heavy (non-hydrogen) atoms. The summed E-state index contributed by atoms with van der Waals surface area (Å²) in [6.45, 7) is 3.24. The molecule has 2 aromatic rings. The highest BCUT2D eigenvalue weighted by atomic mass is 32.2. The minimum atomic E-state index is -0.353. The van der Waals surface area contributed by atoms with Crippen molar-refractivity contribution in [3.8, 4) is 11.5 Å². The SMILES string of the molecule is CCOc1ccccc1CSc1ncc(OC2CCCCO2)c(=O)[nH]1. The first-order valence-corrected chi connectivity index (χ1v) is 9.46. The molecule has 0 saturated carbocycles. The Labute approximate surface area is 150 Å². The summed E-state index contributed by atoms with van der Waals surface area (Å²) in [5, 5.41) is 0.549. The molecule has 1 unspecified atom stereocenters. The number of rotatable bonds is 7. The van der Waals surface area contributed by atoms with Crippen LogP contribution in [0.2, 0.25) is 0 Å². The lowest BCUT2D eigenvalue weighted by Gasteiger charge is -2.22. The number of ether oxygens (including phenoxy) is 3. The Bertz CT molecular complexity index is 744. The highest BCUT2D eigenvalue weighted by Crippen LogP contribution is 2.26. The summed E-state index contributed by atoms with van der Waals surface area (Å²) in [4.78, 5) is 19.2. The number of nitrogens with zero attached hydrogens (tertiary/aromatic N) is 1. The van der Waals surface area contributed by atoms with Crippen LogP contribution in [-0.4, -0.2) is 29.5 Å². The van der Waals surface area contributed by atoms with Crippen molar-refractivity contribution in [2.45, 2.75) is 43.4 Å². The largest absolute Gasteiger partial charge is 0.494 e. The van der Waals surface area contributed by atoms with Crippen LogP contribution >= 0.6 is 11.8 Å². The highest BCUT2D eigenvalue weighted by molar-refractivity contribution is 7.98. The summed E-state index contributed by atoms with van der Waals surface area (Å²) in [6, 6.07) is 7.86. The number of aromatic nitrogens is 2. The summed E-state index contributed by atoms with van der Waals surface area (Å²) >= 11 is 1.45. The molecular weight excluding hydrogens is 340 g/mol. The van der Waals surface area contributed by atoms with Crippen molar-refractivity contribution >= 4 is 11.8 Å². The molecule has 0 bridgehead atoms. The molecular formula is C18H22N2O4S. The fourth-order valence-electron chi connectivity index (χ4n) is 2.54. The molecule has 3 rings (SSSR count). The van der Waals surface area contributed by atoms with Crippen molar-refractivity contribution in [1.82, 2.24) is 9.97 Å². The maximum Gasteiger partial charge on any atom is 0.294 e. The van der Waals surface area contributed by atoms with Gasteiger partial charge >= 0.3 is 0 Å². The van der Waals surface area contributed by atoms with Gasteiger partial charge in [-0.1, -0.05) is 30.0 Å². The molecule has 1 aliphatic rings. The van der Waals surface area contributed by atoms with Gasteiger partial charge < -0.3 is 14.2 Å². The van der Waals surface area contributed by atoms with Crippen LogP contribution in [0.15, 0.2) is 40.4 Å². The molecule has 1 aromatic heterocycles. The third-order valence-corrected chi connectivity index (χ3v) is 4.71. The fraction of sp³-hybridized carbons (Fsp3) is 0.444. The molecule has 0 radical (unpaired) electrons. The number of nitrogens with one attached hydrogen (secondary N) is 1. The van der Waals surface area contributed by atoms with Crippen LogP contribution in [0.25, 0.3) is 0 Å². The Balaban J connectivity index is 1.62. The first-order chi connectivity index (χ1) is 12.3. The molecule has 1 saturated heterocycles. The zero-order valence-electron chi connectivity index (χ0n) is 14.2. The normalized spacial score (nSPS) is 17.2. The molecule has 1 atom stereocenters. The van der Waals surface area contributed by atoms with Gasteiger partial charge in [0.1, 0.15) is 5.75 Å². The van der Waals surface area contributed by atoms with E-state index in [4.69, 9.17) is 14.2 Å². The number of hydrogen-bond donors (Lipinski definition) is 1. The van der Waals surface area contributed by atoms with Gasteiger partial charge in [0.05, 0.1) is 19.4 Å². The lowest BCUT2D eigenvalue weighted by Crippen LogP contribution is -2.27. The number of para-hydroxylation sites is 1. The van der Waals surface area contributed by atoms with Gasteiger partial charge in [-0.25, -0.2) is 4.98 Å². The quantitative estimate of drug-likeness (QED) is 0.601. The molecule has 6 nitrogen and oxygen atoms in total. The minimum absolute atomic E-state index is 0.200. The summed E-state index contributed by atoms with van der Waals surface area (Å²) in [5.41, 5.74) is 0.776. The minimum Gasteiger partial charge on any atom is -0.494 e. The van der Waals surface area contributed by atoms with Gasteiger partial charge in [0.15, 0.2) is 11.4 Å². The lowest BCUT2D eigenvalue weighted by molar-refractivity contribution is -0.106. The molecule has 134 valence electrons. The van der Waals surface area contributed by atoms with E-state index in [9.17, 15) is 4.79 Å². The van der Waals surface area contributed by atoms with Crippen molar-refractivity contribution in [2.75, 3.05) is 13.2 Å². The van der Waals surface area contributed by atoms with E-state index in [1.54, 1.807) is 0 Å². The zero-order valence-corrected chi connectivity index (χ0v) is 15.0. The van der Waals surface area contributed by atoms with Crippen molar-refractivity contribution in [1.29, 1.82) is 0 Å². The molecule has 1 N–H and O–H groups in total. The van der Waals surface area contributed by atoms with Gasteiger partial charge in [0.25, 0.3) is 5.56 Å². The van der Waals surface area contributed by atoms with E-state index >= 15 is 0 Å². The predicted molar refractivity (Wildman–Crippen MR) is 96.2 cm³/mol. The van der Waals surface area contributed by atoms with E-state index < -0.39 is 0 Å². The van der Waals surface area contributed by atoms with Crippen molar-refractivity contribution in [3.63, 3.8) is 0 Å². The topological polar surface area (TPSA) is 73.4 Å². The summed E-state index contributed by atoms with van der Waals surface area (Å²) < 4.78 is 16.7. The van der Waals surface area contributed by atoms with Crippen LogP contribution in [0.4, 0.5) is 0 Å². The molecule has 1 aromatic carbocycles. The number of aromatic amines is 1. The molecule has 1 aliphatic heterocycles. The van der Waals surface area contributed by atoms with Crippen LogP contribution in [0, 0.1) is 0 Å². The van der Waals surface area contributed by atoms with Gasteiger partial charge in [0, 0.05) is 17.7 Å². The van der Waals surface area contributed by atoms with Crippen LogP contribution < -0.4 is 15.0 Å². The average molecular weight is 362 g/mol. The standard InChI is InChI=1S/C18H22N2O4S/c1-2-22-14-8-4-3-7-13(14)12-25-18-19-11-15(17(21)20-18)24-16-9-5-6-10-23-16/h3-4,7-8,11,16H,2,5-6,9-10,12H2,1H3,(H,19,20,21). The van der Waals surface area contributed by atoms with Gasteiger partial charge in [0.2, 0.25) is 5.75 Å². The Hall–Kier alpha value is -1.99. The van der Waals surface area contributed by atoms with Crippen molar-refractivity contribution < 1.29 is 14.2 Å². The Morgan fingerprint density at radius 1 is 1.32 bits per heavy atom. The zero-order chi connectivity index (χ0) is 17.5. The summed E-state index contributed by atoms with van der Waals surface area (Å²) in [6.07, 6.45) is 3.99.